The van der Waals surface area contributed by atoms with Crippen molar-refractivity contribution in [2.75, 3.05) is 0 Å². The zero-order valence-corrected chi connectivity index (χ0v) is 21.9. The first-order chi connectivity index (χ1) is 20.2. The smallest absolute Gasteiger partial charge is 0.124 e. The molecule has 0 fully saturated rings. The molecule has 0 radical (unpaired) electrons. The fraction of sp³-hybridized carbons (Fsp3) is 0. The number of nitrogens with zero attached hydrogens (tertiary/aromatic N) is 3. The number of rotatable bonds is 3. The highest BCUT2D eigenvalue weighted by atomic mass is 19.1. The van der Waals surface area contributed by atoms with Gasteiger partial charge < -0.3 is 9.13 Å². The average Bonchev–Trinajstić information content (AvgIpc) is 3.53. The maximum absolute atomic E-state index is 14.0. The highest BCUT2D eigenvalue weighted by Crippen LogP contribution is 2.38. The Morgan fingerprint density at radius 3 is 1.66 bits per heavy atom. The molecule has 6 aromatic carbocycles. The van der Waals surface area contributed by atoms with E-state index in [4.69, 9.17) is 0 Å². The molecule has 0 aliphatic heterocycles. The summed E-state index contributed by atoms with van der Waals surface area (Å²) < 4.78 is 18.4. The Morgan fingerprint density at radius 2 is 1.02 bits per heavy atom. The number of fused-ring (bicyclic) bond motifs is 6. The Hall–Kier alpha value is -5.66. The monoisotopic (exact) mass is 527 g/mol. The molecule has 0 saturated heterocycles. The average molecular weight is 528 g/mol. The minimum Gasteiger partial charge on any atom is -0.309 e. The largest absolute Gasteiger partial charge is 0.309 e. The van der Waals surface area contributed by atoms with Crippen LogP contribution in [0.2, 0.25) is 0 Å². The van der Waals surface area contributed by atoms with Gasteiger partial charge in [0, 0.05) is 27.2 Å². The quantitative estimate of drug-likeness (QED) is 0.225. The lowest BCUT2D eigenvalue weighted by Gasteiger charge is -2.10. The minimum absolute atomic E-state index is 0.303. The third kappa shape index (κ3) is 3.50. The Morgan fingerprint density at radius 1 is 0.488 bits per heavy atom. The van der Waals surface area contributed by atoms with E-state index in [2.05, 4.69) is 106 Å². The summed E-state index contributed by atoms with van der Waals surface area (Å²) in [5.74, 6) is -0.419. The summed E-state index contributed by atoms with van der Waals surface area (Å²) >= 11 is 0. The third-order valence-electron chi connectivity index (χ3n) is 8.01. The molecule has 0 spiro atoms. The van der Waals surface area contributed by atoms with Gasteiger partial charge in [0.2, 0.25) is 0 Å². The molecule has 3 nitrogen and oxygen atoms in total. The predicted octanol–water partition coefficient (Wildman–Crippen LogP) is 9.56. The van der Waals surface area contributed by atoms with Crippen LogP contribution in [0.15, 0.2) is 133 Å². The molecule has 0 amide bonds. The Bertz CT molecular complexity index is 2340. The molecule has 0 aliphatic carbocycles. The summed E-state index contributed by atoms with van der Waals surface area (Å²) in [4.78, 5) is 0. The van der Waals surface area contributed by atoms with E-state index in [9.17, 15) is 9.65 Å². The number of para-hydroxylation sites is 3. The molecule has 41 heavy (non-hydrogen) atoms. The zero-order chi connectivity index (χ0) is 27.5. The van der Waals surface area contributed by atoms with Crippen LogP contribution in [0.4, 0.5) is 4.39 Å². The molecular formula is C37H22FN3. The van der Waals surface area contributed by atoms with E-state index in [0.717, 1.165) is 38.6 Å². The van der Waals surface area contributed by atoms with Crippen molar-refractivity contribution in [1.82, 2.24) is 9.13 Å². The van der Waals surface area contributed by atoms with Crippen LogP contribution >= 0.6 is 0 Å². The zero-order valence-electron chi connectivity index (χ0n) is 21.9. The van der Waals surface area contributed by atoms with Crippen molar-refractivity contribution in [2.24, 2.45) is 0 Å². The van der Waals surface area contributed by atoms with Gasteiger partial charge in [0.15, 0.2) is 0 Å². The van der Waals surface area contributed by atoms with Crippen LogP contribution in [0.5, 0.6) is 0 Å². The second-order valence-electron chi connectivity index (χ2n) is 10.3. The van der Waals surface area contributed by atoms with Crippen LogP contribution in [0.3, 0.4) is 0 Å². The van der Waals surface area contributed by atoms with E-state index in [1.165, 1.54) is 33.9 Å². The Balaban J connectivity index is 1.36. The first-order valence-electron chi connectivity index (χ1n) is 13.5. The SMILES string of the molecule is N#Cc1cc(F)ccc1-n1c2ccccc2c2cc(-c3ccc4c(c3)c3ccccc3n4-c3ccccc3)ccc21. The highest BCUT2D eigenvalue weighted by molar-refractivity contribution is 6.12. The van der Waals surface area contributed by atoms with Gasteiger partial charge in [-0.25, -0.2) is 4.39 Å². The highest BCUT2D eigenvalue weighted by Gasteiger charge is 2.17. The number of halogens is 1. The third-order valence-corrected chi connectivity index (χ3v) is 8.01. The first kappa shape index (κ1) is 23.2. The summed E-state index contributed by atoms with van der Waals surface area (Å²) in [6.07, 6.45) is 0. The van der Waals surface area contributed by atoms with Gasteiger partial charge in [0.05, 0.1) is 33.3 Å². The Labute approximate surface area is 235 Å². The van der Waals surface area contributed by atoms with Crippen LogP contribution < -0.4 is 0 Å². The second kappa shape index (κ2) is 8.94. The number of hydrogen-bond acceptors (Lipinski definition) is 1. The standard InChI is InChI=1S/C37H22FN3/c38-27-16-19-33(26(20-27)23-39)41-35-13-7-5-11-30(35)32-22-25(15-18-37(32)41)24-14-17-36-31(21-24)29-10-4-6-12-34(29)40(36)28-8-2-1-3-9-28/h1-22H. The number of benzene rings is 6. The van der Waals surface area contributed by atoms with E-state index >= 15 is 0 Å². The van der Waals surface area contributed by atoms with Crippen LogP contribution in [-0.2, 0) is 0 Å². The molecule has 4 heteroatoms. The van der Waals surface area contributed by atoms with Crippen LogP contribution in [0.25, 0.3) is 66.1 Å². The maximum Gasteiger partial charge on any atom is 0.124 e. The van der Waals surface area contributed by atoms with Crippen molar-refractivity contribution in [3.05, 3.63) is 145 Å². The minimum atomic E-state index is -0.419. The van der Waals surface area contributed by atoms with Crippen LogP contribution in [0, 0.1) is 17.1 Å². The normalized spacial score (nSPS) is 11.5. The molecule has 0 bridgehead atoms. The molecule has 2 heterocycles. The summed E-state index contributed by atoms with van der Waals surface area (Å²) in [5.41, 5.74) is 8.64. The molecule has 0 unspecified atom stereocenters. The van der Waals surface area contributed by atoms with Crippen molar-refractivity contribution >= 4 is 43.6 Å². The number of hydrogen-bond donors (Lipinski definition) is 0. The van der Waals surface area contributed by atoms with Crippen molar-refractivity contribution in [3.8, 4) is 28.6 Å². The van der Waals surface area contributed by atoms with Gasteiger partial charge in [-0.05, 0) is 77.9 Å². The number of aromatic nitrogens is 2. The van der Waals surface area contributed by atoms with Crippen molar-refractivity contribution in [3.63, 3.8) is 0 Å². The summed E-state index contributed by atoms with van der Waals surface area (Å²) in [6, 6.07) is 46.9. The van der Waals surface area contributed by atoms with E-state index in [0.29, 0.717) is 11.3 Å². The van der Waals surface area contributed by atoms with E-state index in [1.807, 2.05) is 24.3 Å². The lowest BCUT2D eigenvalue weighted by molar-refractivity contribution is 0.627. The van der Waals surface area contributed by atoms with E-state index < -0.39 is 5.82 Å². The van der Waals surface area contributed by atoms with Crippen molar-refractivity contribution < 1.29 is 4.39 Å². The first-order valence-corrected chi connectivity index (χ1v) is 13.5. The second-order valence-corrected chi connectivity index (χ2v) is 10.3. The lowest BCUT2D eigenvalue weighted by Crippen LogP contribution is -1.98. The van der Waals surface area contributed by atoms with Gasteiger partial charge in [0.25, 0.3) is 0 Å². The molecule has 8 rings (SSSR count). The summed E-state index contributed by atoms with van der Waals surface area (Å²) in [6.45, 7) is 0. The predicted molar refractivity (Wildman–Crippen MR) is 165 cm³/mol. The molecule has 0 atom stereocenters. The topological polar surface area (TPSA) is 33.6 Å². The lowest BCUT2D eigenvalue weighted by atomic mass is 10.0. The fourth-order valence-electron chi connectivity index (χ4n) is 6.21. The summed E-state index contributed by atoms with van der Waals surface area (Å²) in [7, 11) is 0. The molecule has 0 aliphatic rings. The molecule has 0 saturated carbocycles. The van der Waals surface area contributed by atoms with Crippen LogP contribution in [-0.4, -0.2) is 9.13 Å². The van der Waals surface area contributed by atoms with Gasteiger partial charge >= 0.3 is 0 Å². The molecule has 8 aromatic rings. The van der Waals surface area contributed by atoms with Crippen molar-refractivity contribution in [2.45, 2.75) is 0 Å². The van der Waals surface area contributed by atoms with Gasteiger partial charge in [-0.3, -0.25) is 0 Å². The molecule has 192 valence electrons. The molecular weight excluding hydrogens is 505 g/mol. The Kier molecular flexibility index (Phi) is 5.07. The maximum atomic E-state index is 14.0. The van der Waals surface area contributed by atoms with Gasteiger partial charge in [-0.1, -0.05) is 66.7 Å². The van der Waals surface area contributed by atoms with Crippen LogP contribution in [0.1, 0.15) is 5.56 Å². The molecule has 0 N–H and O–H groups in total. The van der Waals surface area contributed by atoms with Crippen molar-refractivity contribution in [1.29, 1.82) is 5.26 Å². The molecule has 2 aromatic heterocycles. The van der Waals surface area contributed by atoms with E-state index in [-0.39, 0.29) is 0 Å². The van der Waals surface area contributed by atoms with E-state index in [1.54, 1.807) is 6.07 Å². The van der Waals surface area contributed by atoms with Gasteiger partial charge in [0.1, 0.15) is 11.9 Å². The summed E-state index contributed by atoms with van der Waals surface area (Å²) in [5, 5.41) is 14.4. The van der Waals surface area contributed by atoms with Gasteiger partial charge in [-0.2, -0.15) is 5.26 Å². The fourth-order valence-corrected chi connectivity index (χ4v) is 6.21. The number of nitriles is 1. The van der Waals surface area contributed by atoms with Gasteiger partial charge in [-0.15, -0.1) is 0 Å².